The van der Waals surface area contributed by atoms with Crippen molar-refractivity contribution in [1.29, 1.82) is 0 Å². The summed E-state index contributed by atoms with van der Waals surface area (Å²) in [6, 6.07) is 12.8. The molecule has 1 N–H and O–H groups in total. The van der Waals surface area contributed by atoms with Gasteiger partial charge in [0.1, 0.15) is 0 Å². The zero-order valence-electron chi connectivity index (χ0n) is 12.8. The van der Waals surface area contributed by atoms with Crippen molar-refractivity contribution >= 4 is 23.0 Å². The Balaban J connectivity index is 1.77. The third-order valence-corrected chi connectivity index (χ3v) is 4.44. The van der Waals surface area contributed by atoms with Gasteiger partial charge in [-0.05, 0) is 67.7 Å². The minimum atomic E-state index is 0.326. The lowest BCUT2D eigenvalue weighted by atomic mass is 9.97. The molecular weight excluding hydrogens is 290 g/mol. The Bertz CT molecular complexity index is 642. The molecule has 3 rings (SSSR count). The van der Waals surface area contributed by atoms with E-state index < -0.39 is 0 Å². The summed E-state index contributed by atoms with van der Waals surface area (Å²) in [4.78, 5) is 6.56. The predicted molar refractivity (Wildman–Crippen MR) is 94.9 cm³/mol. The van der Waals surface area contributed by atoms with Crippen LogP contribution < -0.4 is 5.32 Å². The average molecular weight is 311 g/mol. The van der Waals surface area contributed by atoms with Gasteiger partial charge in [0.2, 0.25) is 0 Å². The van der Waals surface area contributed by atoms with Crippen LogP contribution in [0.3, 0.4) is 0 Å². The number of anilines is 1. The van der Waals surface area contributed by atoms with E-state index in [0.717, 1.165) is 23.8 Å². The van der Waals surface area contributed by atoms with Crippen LogP contribution in [-0.2, 0) is 0 Å². The highest BCUT2D eigenvalue weighted by Crippen LogP contribution is 2.31. The van der Waals surface area contributed by atoms with Crippen molar-refractivity contribution in [3.63, 3.8) is 0 Å². The summed E-state index contributed by atoms with van der Waals surface area (Å²) in [5.41, 5.74) is 3.53. The minimum absolute atomic E-state index is 0.326. The van der Waals surface area contributed by atoms with E-state index in [1.54, 1.807) is 0 Å². The van der Waals surface area contributed by atoms with E-state index >= 15 is 0 Å². The highest BCUT2D eigenvalue weighted by atomic mass is 32.1. The highest BCUT2D eigenvalue weighted by molar-refractivity contribution is 7.80. The Morgan fingerprint density at radius 1 is 1.27 bits per heavy atom. The van der Waals surface area contributed by atoms with E-state index in [9.17, 15) is 0 Å². The Hall–Kier alpha value is -1.94. The van der Waals surface area contributed by atoms with Crippen molar-refractivity contribution in [3.05, 3.63) is 59.9 Å². The number of aryl methyl sites for hydroxylation is 1. The number of thiocarbonyl (C=S) groups is 1. The van der Waals surface area contributed by atoms with Gasteiger partial charge in [-0.1, -0.05) is 18.2 Å². The Morgan fingerprint density at radius 2 is 2.18 bits per heavy atom. The summed E-state index contributed by atoms with van der Waals surface area (Å²) in [7, 11) is 0. The summed E-state index contributed by atoms with van der Waals surface area (Å²) in [5, 5.41) is 4.19. The molecule has 0 radical (unpaired) electrons. The van der Waals surface area contributed by atoms with Gasteiger partial charge in [0.25, 0.3) is 0 Å². The molecule has 1 aromatic carbocycles. The molecule has 1 aliphatic rings. The normalized spacial score (nSPS) is 18.0. The molecule has 0 saturated carbocycles. The van der Waals surface area contributed by atoms with Gasteiger partial charge < -0.3 is 10.2 Å². The second-order valence-corrected chi connectivity index (χ2v) is 6.18. The number of hydrogen-bond donors (Lipinski definition) is 1. The Kier molecular flexibility index (Phi) is 4.68. The maximum Gasteiger partial charge on any atom is 0.173 e. The zero-order chi connectivity index (χ0) is 15.4. The largest absolute Gasteiger partial charge is 0.342 e. The number of aromatic nitrogens is 1. The van der Waals surface area contributed by atoms with Gasteiger partial charge in [-0.25, -0.2) is 0 Å². The first-order valence-corrected chi connectivity index (χ1v) is 8.19. The number of pyridine rings is 1. The fourth-order valence-corrected chi connectivity index (χ4v) is 3.35. The van der Waals surface area contributed by atoms with Crippen molar-refractivity contribution in [2.24, 2.45) is 0 Å². The minimum Gasteiger partial charge on any atom is -0.342 e. The van der Waals surface area contributed by atoms with Crippen LogP contribution in [-0.4, -0.2) is 21.5 Å². The van der Waals surface area contributed by atoms with Crippen LogP contribution in [0, 0.1) is 6.92 Å². The third kappa shape index (κ3) is 3.45. The van der Waals surface area contributed by atoms with Crippen LogP contribution in [0.15, 0.2) is 48.8 Å². The first-order valence-electron chi connectivity index (χ1n) is 7.78. The molecular formula is C18H21N3S. The molecule has 0 aliphatic carbocycles. The summed E-state index contributed by atoms with van der Waals surface area (Å²) >= 11 is 5.67. The summed E-state index contributed by atoms with van der Waals surface area (Å²) in [5.74, 6) is 0. The molecule has 0 bridgehead atoms. The van der Waals surface area contributed by atoms with Crippen LogP contribution in [0.5, 0.6) is 0 Å². The molecule has 114 valence electrons. The maximum atomic E-state index is 5.67. The van der Waals surface area contributed by atoms with Crippen molar-refractivity contribution in [3.8, 4) is 0 Å². The monoisotopic (exact) mass is 311 g/mol. The lowest BCUT2D eigenvalue weighted by Gasteiger charge is -2.37. The number of nitrogens with zero attached hydrogens (tertiary/aromatic N) is 2. The number of rotatable bonds is 2. The van der Waals surface area contributed by atoms with E-state index in [1.165, 1.54) is 24.0 Å². The first-order chi connectivity index (χ1) is 10.7. The van der Waals surface area contributed by atoms with Gasteiger partial charge in [0.15, 0.2) is 5.11 Å². The van der Waals surface area contributed by atoms with Crippen molar-refractivity contribution in [1.82, 2.24) is 9.88 Å². The molecule has 2 aromatic rings. The second kappa shape index (κ2) is 6.88. The van der Waals surface area contributed by atoms with Gasteiger partial charge in [-0.3, -0.25) is 4.98 Å². The molecule has 1 atom stereocenters. The maximum absolute atomic E-state index is 5.67. The molecule has 0 amide bonds. The molecule has 1 saturated heterocycles. The van der Waals surface area contributed by atoms with E-state index in [0.29, 0.717) is 6.04 Å². The average Bonchev–Trinajstić information content (AvgIpc) is 2.56. The van der Waals surface area contributed by atoms with Crippen LogP contribution in [0.4, 0.5) is 5.69 Å². The smallest absolute Gasteiger partial charge is 0.173 e. The molecule has 4 heteroatoms. The highest BCUT2D eigenvalue weighted by Gasteiger charge is 2.26. The van der Waals surface area contributed by atoms with Gasteiger partial charge in [-0.15, -0.1) is 0 Å². The summed E-state index contributed by atoms with van der Waals surface area (Å²) in [6.45, 7) is 3.09. The second-order valence-electron chi connectivity index (χ2n) is 5.79. The van der Waals surface area contributed by atoms with Gasteiger partial charge in [-0.2, -0.15) is 0 Å². The number of nitrogens with one attached hydrogen (secondary N) is 1. The fourth-order valence-electron chi connectivity index (χ4n) is 3.01. The van der Waals surface area contributed by atoms with E-state index in [4.69, 9.17) is 12.2 Å². The number of hydrogen-bond acceptors (Lipinski definition) is 2. The summed E-state index contributed by atoms with van der Waals surface area (Å²) in [6.07, 6.45) is 7.33. The van der Waals surface area contributed by atoms with Gasteiger partial charge in [0, 0.05) is 24.6 Å². The lowest BCUT2D eigenvalue weighted by molar-refractivity contribution is 0.248. The molecule has 1 fully saturated rings. The van der Waals surface area contributed by atoms with Crippen molar-refractivity contribution in [2.75, 3.05) is 11.9 Å². The predicted octanol–water partition coefficient (Wildman–Crippen LogP) is 4.31. The standard InChI is InChI=1S/C18H21N3S/c1-14-6-4-8-16(12-14)20-18(22)21-11-3-2-9-17(21)15-7-5-10-19-13-15/h4-8,10,12-13,17H,2-3,9,11H2,1H3,(H,20,22). The van der Waals surface area contributed by atoms with Crippen LogP contribution >= 0.6 is 12.2 Å². The molecule has 1 aromatic heterocycles. The SMILES string of the molecule is Cc1cccc(NC(=S)N2CCCCC2c2cccnc2)c1. The first kappa shape index (κ1) is 15.0. The quantitative estimate of drug-likeness (QED) is 0.836. The number of likely N-dealkylation sites (tertiary alicyclic amines) is 1. The summed E-state index contributed by atoms with van der Waals surface area (Å²) < 4.78 is 0. The van der Waals surface area contributed by atoms with E-state index in [1.807, 2.05) is 18.5 Å². The van der Waals surface area contributed by atoms with Crippen molar-refractivity contribution < 1.29 is 0 Å². The van der Waals surface area contributed by atoms with Gasteiger partial charge in [0.05, 0.1) is 6.04 Å². The number of benzene rings is 1. The molecule has 0 spiro atoms. The zero-order valence-corrected chi connectivity index (χ0v) is 13.6. The molecule has 3 nitrogen and oxygen atoms in total. The fraction of sp³-hybridized carbons (Fsp3) is 0.333. The molecule has 1 aliphatic heterocycles. The van der Waals surface area contributed by atoms with Crippen LogP contribution in [0.25, 0.3) is 0 Å². The Morgan fingerprint density at radius 3 is 2.95 bits per heavy atom. The van der Waals surface area contributed by atoms with Crippen molar-refractivity contribution in [2.45, 2.75) is 32.2 Å². The van der Waals surface area contributed by atoms with E-state index in [-0.39, 0.29) is 0 Å². The van der Waals surface area contributed by atoms with E-state index in [2.05, 4.69) is 52.5 Å². The molecule has 2 heterocycles. The molecule has 22 heavy (non-hydrogen) atoms. The lowest BCUT2D eigenvalue weighted by Crippen LogP contribution is -2.41. The van der Waals surface area contributed by atoms with Crippen LogP contribution in [0.1, 0.15) is 36.4 Å². The molecule has 1 unspecified atom stereocenters. The number of piperidine rings is 1. The topological polar surface area (TPSA) is 28.2 Å². The van der Waals surface area contributed by atoms with Gasteiger partial charge >= 0.3 is 0 Å². The third-order valence-electron chi connectivity index (χ3n) is 4.10. The van der Waals surface area contributed by atoms with Crippen LogP contribution in [0.2, 0.25) is 0 Å². The Labute approximate surface area is 137 Å².